The zero-order valence-electron chi connectivity index (χ0n) is 10.7. The SMILES string of the molecule is Cc1ccc(Br)cc1C(N)CCc1cnn(C)c1. The maximum atomic E-state index is 6.27. The fraction of sp³-hybridized carbons (Fsp3) is 0.357. The Balaban J connectivity index is 2.03. The summed E-state index contributed by atoms with van der Waals surface area (Å²) in [6.45, 7) is 2.10. The van der Waals surface area contributed by atoms with E-state index in [4.69, 9.17) is 5.73 Å². The van der Waals surface area contributed by atoms with Crippen molar-refractivity contribution in [1.29, 1.82) is 0 Å². The van der Waals surface area contributed by atoms with Gasteiger partial charge >= 0.3 is 0 Å². The van der Waals surface area contributed by atoms with E-state index in [-0.39, 0.29) is 6.04 Å². The first kappa shape index (κ1) is 13.3. The molecule has 1 unspecified atom stereocenters. The number of aryl methyl sites for hydroxylation is 3. The third-order valence-corrected chi connectivity index (χ3v) is 3.64. The second-order valence-corrected chi connectivity index (χ2v) is 5.58. The van der Waals surface area contributed by atoms with E-state index in [0.717, 1.165) is 17.3 Å². The van der Waals surface area contributed by atoms with Crippen LogP contribution in [0.4, 0.5) is 0 Å². The van der Waals surface area contributed by atoms with Crippen molar-refractivity contribution < 1.29 is 0 Å². The number of nitrogens with zero attached hydrogens (tertiary/aromatic N) is 2. The van der Waals surface area contributed by atoms with Gasteiger partial charge in [0.15, 0.2) is 0 Å². The summed E-state index contributed by atoms with van der Waals surface area (Å²) in [4.78, 5) is 0. The van der Waals surface area contributed by atoms with Gasteiger partial charge in [-0.15, -0.1) is 0 Å². The molecule has 0 amide bonds. The number of aromatic nitrogens is 2. The maximum Gasteiger partial charge on any atom is 0.0521 e. The lowest BCUT2D eigenvalue weighted by Gasteiger charge is -2.14. The van der Waals surface area contributed by atoms with Crippen LogP contribution in [0, 0.1) is 6.92 Å². The molecule has 18 heavy (non-hydrogen) atoms. The van der Waals surface area contributed by atoms with Gasteiger partial charge in [0.25, 0.3) is 0 Å². The van der Waals surface area contributed by atoms with Gasteiger partial charge in [-0.05, 0) is 48.6 Å². The molecular formula is C14H18BrN3. The molecule has 1 aromatic heterocycles. The summed E-state index contributed by atoms with van der Waals surface area (Å²) in [6, 6.07) is 6.34. The van der Waals surface area contributed by atoms with Crippen LogP contribution >= 0.6 is 15.9 Å². The molecule has 0 aliphatic heterocycles. The predicted molar refractivity (Wildman–Crippen MR) is 77.3 cm³/mol. The first-order chi connectivity index (χ1) is 8.56. The van der Waals surface area contributed by atoms with Crippen molar-refractivity contribution in [2.24, 2.45) is 12.8 Å². The minimum atomic E-state index is 0.0720. The summed E-state index contributed by atoms with van der Waals surface area (Å²) in [5.41, 5.74) is 9.97. The second-order valence-electron chi connectivity index (χ2n) is 4.67. The van der Waals surface area contributed by atoms with Crippen LogP contribution in [0.3, 0.4) is 0 Å². The number of hydrogen-bond donors (Lipinski definition) is 1. The first-order valence-electron chi connectivity index (χ1n) is 6.05. The van der Waals surface area contributed by atoms with Crippen LogP contribution in [0.1, 0.15) is 29.2 Å². The van der Waals surface area contributed by atoms with E-state index < -0.39 is 0 Å². The highest BCUT2D eigenvalue weighted by atomic mass is 79.9. The Hall–Kier alpha value is -1.13. The highest BCUT2D eigenvalue weighted by molar-refractivity contribution is 9.10. The summed E-state index contributed by atoms with van der Waals surface area (Å²) in [6.07, 6.45) is 5.84. The molecule has 96 valence electrons. The number of nitrogens with two attached hydrogens (primary N) is 1. The van der Waals surface area contributed by atoms with Crippen molar-refractivity contribution in [3.8, 4) is 0 Å². The van der Waals surface area contributed by atoms with Gasteiger partial charge < -0.3 is 5.73 Å². The number of halogens is 1. The third kappa shape index (κ3) is 3.21. The molecule has 2 N–H and O–H groups in total. The molecule has 0 aliphatic carbocycles. The lowest BCUT2D eigenvalue weighted by atomic mass is 9.97. The highest BCUT2D eigenvalue weighted by Gasteiger charge is 2.10. The normalized spacial score (nSPS) is 12.7. The molecule has 0 aliphatic rings. The minimum absolute atomic E-state index is 0.0720. The van der Waals surface area contributed by atoms with Gasteiger partial charge in [0, 0.05) is 23.8 Å². The molecule has 0 fully saturated rings. The Morgan fingerprint density at radius 3 is 2.89 bits per heavy atom. The number of hydrogen-bond acceptors (Lipinski definition) is 2. The van der Waals surface area contributed by atoms with Crippen molar-refractivity contribution in [2.45, 2.75) is 25.8 Å². The average Bonchev–Trinajstić information content (AvgIpc) is 2.75. The molecule has 0 radical (unpaired) electrons. The van der Waals surface area contributed by atoms with Gasteiger partial charge in [-0.25, -0.2) is 0 Å². The summed E-state index contributed by atoms with van der Waals surface area (Å²) in [5, 5.41) is 4.17. The summed E-state index contributed by atoms with van der Waals surface area (Å²) < 4.78 is 2.91. The van der Waals surface area contributed by atoms with E-state index in [0.29, 0.717) is 0 Å². The quantitative estimate of drug-likeness (QED) is 0.943. The molecule has 0 saturated carbocycles. The van der Waals surface area contributed by atoms with Crippen molar-refractivity contribution in [2.75, 3.05) is 0 Å². The molecule has 2 aromatic rings. The Labute approximate surface area is 116 Å². The molecule has 4 heteroatoms. The zero-order chi connectivity index (χ0) is 13.1. The van der Waals surface area contributed by atoms with Gasteiger partial charge in [0.2, 0.25) is 0 Å². The molecule has 0 bridgehead atoms. The third-order valence-electron chi connectivity index (χ3n) is 3.14. The fourth-order valence-corrected chi connectivity index (χ4v) is 2.47. The second kappa shape index (κ2) is 5.67. The van der Waals surface area contributed by atoms with E-state index in [9.17, 15) is 0 Å². The van der Waals surface area contributed by atoms with Crippen LogP contribution in [0.15, 0.2) is 35.1 Å². The van der Waals surface area contributed by atoms with E-state index in [1.54, 1.807) is 0 Å². The minimum Gasteiger partial charge on any atom is -0.324 e. The van der Waals surface area contributed by atoms with Crippen molar-refractivity contribution in [3.63, 3.8) is 0 Å². The molecule has 0 spiro atoms. The topological polar surface area (TPSA) is 43.8 Å². The summed E-state index contributed by atoms with van der Waals surface area (Å²) in [5.74, 6) is 0. The Kier molecular flexibility index (Phi) is 4.19. The van der Waals surface area contributed by atoms with Crippen LogP contribution in [-0.4, -0.2) is 9.78 Å². The lowest BCUT2D eigenvalue weighted by Crippen LogP contribution is -2.12. The molecule has 1 heterocycles. The highest BCUT2D eigenvalue weighted by Crippen LogP contribution is 2.23. The fourth-order valence-electron chi connectivity index (χ4n) is 2.09. The average molecular weight is 308 g/mol. The molecule has 1 atom stereocenters. The molecule has 1 aromatic carbocycles. The largest absolute Gasteiger partial charge is 0.324 e. The van der Waals surface area contributed by atoms with Gasteiger partial charge in [0.05, 0.1) is 6.20 Å². The van der Waals surface area contributed by atoms with Crippen molar-refractivity contribution in [1.82, 2.24) is 9.78 Å². The monoisotopic (exact) mass is 307 g/mol. The molecular weight excluding hydrogens is 290 g/mol. The number of benzene rings is 1. The van der Waals surface area contributed by atoms with E-state index >= 15 is 0 Å². The van der Waals surface area contributed by atoms with Gasteiger partial charge in [-0.3, -0.25) is 4.68 Å². The van der Waals surface area contributed by atoms with Crippen LogP contribution in [0.2, 0.25) is 0 Å². The Morgan fingerprint density at radius 2 is 2.22 bits per heavy atom. The molecule has 2 rings (SSSR count). The van der Waals surface area contributed by atoms with Gasteiger partial charge in [-0.2, -0.15) is 5.10 Å². The number of rotatable bonds is 4. The van der Waals surface area contributed by atoms with Crippen LogP contribution in [0.25, 0.3) is 0 Å². The van der Waals surface area contributed by atoms with Crippen molar-refractivity contribution in [3.05, 3.63) is 51.8 Å². The Bertz CT molecular complexity index is 534. The van der Waals surface area contributed by atoms with Crippen LogP contribution < -0.4 is 5.73 Å². The first-order valence-corrected chi connectivity index (χ1v) is 6.84. The smallest absolute Gasteiger partial charge is 0.0521 e. The van der Waals surface area contributed by atoms with E-state index in [1.807, 2.05) is 30.2 Å². The van der Waals surface area contributed by atoms with Crippen molar-refractivity contribution >= 4 is 15.9 Å². The lowest BCUT2D eigenvalue weighted by molar-refractivity contribution is 0.647. The Morgan fingerprint density at radius 1 is 1.44 bits per heavy atom. The van der Waals surface area contributed by atoms with Gasteiger partial charge in [0.1, 0.15) is 0 Å². The summed E-state index contributed by atoms with van der Waals surface area (Å²) in [7, 11) is 1.93. The van der Waals surface area contributed by atoms with Crippen LogP contribution in [-0.2, 0) is 13.5 Å². The molecule has 0 saturated heterocycles. The zero-order valence-corrected chi connectivity index (χ0v) is 12.3. The molecule has 3 nitrogen and oxygen atoms in total. The van der Waals surface area contributed by atoms with Crippen LogP contribution in [0.5, 0.6) is 0 Å². The van der Waals surface area contributed by atoms with E-state index in [1.165, 1.54) is 16.7 Å². The van der Waals surface area contributed by atoms with E-state index in [2.05, 4.69) is 40.1 Å². The standard InChI is InChI=1S/C14H18BrN3/c1-10-3-5-12(15)7-13(10)14(16)6-4-11-8-17-18(2)9-11/h3,5,7-9,14H,4,6,16H2,1-2H3. The maximum absolute atomic E-state index is 6.27. The predicted octanol–water partition coefficient (Wildman–Crippen LogP) is 3.12. The van der Waals surface area contributed by atoms with Gasteiger partial charge in [-0.1, -0.05) is 22.0 Å². The summed E-state index contributed by atoms with van der Waals surface area (Å²) >= 11 is 3.50.